The van der Waals surface area contributed by atoms with Gasteiger partial charge in [-0.15, -0.1) is 0 Å². The van der Waals surface area contributed by atoms with Crippen LogP contribution >= 0.6 is 11.6 Å². The molecule has 1 aromatic carbocycles. The second-order valence-corrected chi connectivity index (χ2v) is 4.04. The molecule has 4 heteroatoms. The largest absolute Gasteiger partial charge is 0.399 e. The average Bonchev–Trinajstić information content (AvgIpc) is 2.16. The Kier molecular flexibility index (Phi) is 3.35. The smallest absolute Gasteiger partial charge is 0.232 e. The summed E-state index contributed by atoms with van der Waals surface area (Å²) in [6.07, 6.45) is 0.441. The van der Waals surface area contributed by atoms with Crippen molar-refractivity contribution in [1.82, 2.24) is 0 Å². The summed E-state index contributed by atoms with van der Waals surface area (Å²) in [5.74, 6) is -0.492. The van der Waals surface area contributed by atoms with Crippen LogP contribution in [0.3, 0.4) is 0 Å². The fourth-order valence-electron chi connectivity index (χ4n) is 1.41. The molecular formula is C11H13ClFNO. The highest BCUT2D eigenvalue weighted by atomic mass is 35.5. The van der Waals surface area contributed by atoms with Crippen LogP contribution in [0.15, 0.2) is 18.2 Å². The van der Waals surface area contributed by atoms with Gasteiger partial charge in [0.05, 0.1) is 5.41 Å². The molecule has 0 aliphatic carbocycles. The molecule has 0 saturated heterocycles. The topological polar surface area (TPSA) is 43.1 Å². The molecule has 0 saturated carbocycles. The van der Waals surface area contributed by atoms with E-state index in [-0.39, 0.29) is 0 Å². The van der Waals surface area contributed by atoms with Crippen LogP contribution in [0.4, 0.5) is 10.1 Å². The molecule has 0 fully saturated rings. The van der Waals surface area contributed by atoms with Crippen LogP contribution in [0, 0.1) is 5.82 Å². The molecule has 0 spiro atoms. The van der Waals surface area contributed by atoms with Gasteiger partial charge < -0.3 is 5.73 Å². The van der Waals surface area contributed by atoms with Crippen LogP contribution in [-0.4, -0.2) is 5.24 Å². The van der Waals surface area contributed by atoms with Crippen LogP contribution in [0.25, 0.3) is 0 Å². The van der Waals surface area contributed by atoms with Gasteiger partial charge in [-0.2, -0.15) is 0 Å². The molecule has 0 aliphatic rings. The van der Waals surface area contributed by atoms with E-state index in [2.05, 4.69) is 0 Å². The van der Waals surface area contributed by atoms with E-state index >= 15 is 0 Å². The lowest BCUT2D eigenvalue weighted by Gasteiger charge is -2.24. The van der Waals surface area contributed by atoms with E-state index in [4.69, 9.17) is 17.3 Å². The van der Waals surface area contributed by atoms with Crippen molar-refractivity contribution in [2.75, 3.05) is 5.73 Å². The van der Waals surface area contributed by atoms with E-state index in [1.54, 1.807) is 19.9 Å². The van der Waals surface area contributed by atoms with E-state index in [0.29, 0.717) is 17.7 Å². The predicted octanol–water partition coefficient (Wildman–Crippen LogP) is 2.84. The van der Waals surface area contributed by atoms with Gasteiger partial charge in [0.15, 0.2) is 0 Å². The van der Waals surface area contributed by atoms with Crippen molar-refractivity contribution in [1.29, 1.82) is 0 Å². The maximum absolute atomic E-state index is 13.6. The molecular weight excluding hydrogens is 217 g/mol. The van der Waals surface area contributed by atoms with Gasteiger partial charge in [-0.3, -0.25) is 4.79 Å². The summed E-state index contributed by atoms with van der Waals surface area (Å²) in [5.41, 5.74) is 5.06. The third kappa shape index (κ3) is 2.12. The van der Waals surface area contributed by atoms with Crippen LogP contribution < -0.4 is 5.73 Å². The Morgan fingerprint density at radius 3 is 2.60 bits per heavy atom. The minimum atomic E-state index is -0.987. The number of benzene rings is 1. The molecule has 0 bridgehead atoms. The minimum Gasteiger partial charge on any atom is -0.399 e. The Morgan fingerprint density at radius 1 is 1.60 bits per heavy atom. The van der Waals surface area contributed by atoms with E-state index < -0.39 is 16.5 Å². The number of hydrogen-bond donors (Lipinski definition) is 1. The van der Waals surface area contributed by atoms with Gasteiger partial charge in [0, 0.05) is 11.3 Å². The lowest BCUT2D eigenvalue weighted by Crippen LogP contribution is -2.29. The van der Waals surface area contributed by atoms with Gasteiger partial charge in [0.2, 0.25) is 5.24 Å². The molecule has 0 radical (unpaired) electrons. The van der Waals surface area contributed by atoms with Crippen molar-refractivity contribution in [3.05, 3.63) is 29.6 Å². The van der Waals surface area contributed by atoms with Crippen molar-refractivity contribution in [3.8, 4) is 0 Å². The summed E-state index contributed by atoms with van der Waals surface area (Å²) in [7, 11) is 0. The van der Waals surface area contributed by atoms with Gasteiger partial charge in [0.25, 0.3) is 0 Å². The van der Waals surface area contributed by atoms with E-state index in [0.717, 1.165) is 0 Å². The summed E-state index contributed by atoms with van der Waals surface area (Å²) in [6.45, 7) is 3.41. The lowest BCUT2D eigenvalue weighted by atomic mass is 9.81. The van der Waals surface area contributed by atoms with E-state index in [9.17, 15) is 9.18 Å². The average molecular weight is 230 g/mol. The minimum absolute atomic E-state index is 0.291. The van der Waals surface area contributed by atoms with Crippen molar-refractivity contribution >= 4 is 22.5 Å². The first-order valence-corrected chi connectivity index (χ1v) is 5.05. The van der Waals surface area contributed by atoms with Crippen molar-refractivity contribution in [2.45, 2.75) is 25.7 Å². The molecule has 1 rings (SSSR count). The van der Waals surface area contributed by atoms with Gasteiger partial charge >= 0.3 is 0 Å². The normalized spacial score (nSPS) is 14.7. The molecule has 0 heterocycles. The summed E-state index contributed by atoms with van der Waals surface area (Å²) in [5, 5.41) is -0.561. The Morgan fingerprint density at radius 2 is 2.20 bits per heavy atom. The molecule has 1 aromatic rings. The highest BCUT2D eigenvalue weighted by molar-refractivity contribution is 6.65. The predicted molar refractivity (Wildman–Crippen MR) is 59.3 cm³/mol. The van der Waals surface area contributed by atoms with Crippen LogP contribution in [-0.2, 0) is 10.2 Å². The number of carbonyl (C=O) groups is 1. The first kappa shape index (κ1) is 12.0. The zero-order chi connectivity index (χ0) is 11.6. The molecule has 0 amide bonds. The fourth-order valence-corrected chi connectivity index (χ4v) is 1.65. The third-order valence-corrected chi connectivity index (χ3v) is 3.15. The number of nitrogen functional groups attached to an aromatic ring is 1. The second kappa shape index (κ2) is 4.19. The summed E-state index contributed by atoms with van der Waals surface area (Å²) in [4.78, 5) is 11.3. The molecule has 15 heavy (non-hydrogen) atoms. The highest BCUT2D eigenvalue weighted by Gasteiger charge is 2.34. The maximum atomic E-state index is 13.6. The molecule has 0 aromatic heterocycles. The van der Waals surface area contributed by atoms with Crippen molar-refractivity contribution < 1.29 is 9.18 Å². The van der Waals surface area contributed by atoms with Crippen LogP contribution in [0.2, 0.25) is 0 Å². The summed E-state index contributed by atoms with van der Waals surface area (Å²) in [6, 6.07) is 4.27. The van der Waals surface area contributed by atoms with E-state index in [1.165, 1.54) is 12.1 Å². The Labute approximate surface area is 93.2 Å². The zero-order valence-corrected chi connectivity index (χ0v) is 9.44. The fraction of sp³-hybridized carbons (Fsp3) is 0.364. The van der Waals surface area contributed by atoms with Gasteiger partial charge in [-0.05, 0) is 37.1 Å². The van der Waals surface area contributed by atoms with Crippen LogP contribution in [0.1, 0.15) is 25.8 Å². The number of halogens is 2. The number of hydrogen-bond acceptors (Lipinski definition) is 2. The van der Waals surface area contributed by atoms with Crippen LogP contribution in [0.5, 0.6) is 0 Å². The molecule has 1 unspecified atom stereocenters. The first-order chi connectivity index (χ1) is 6.91. The number of rotatable bonds is 3. The zero-order valence-electron chi connectivity index (χ0n) is 8.68. The molecule has 2 N–H and O–H groups in total. The standard InChI is InChI=1S/C11H13ClFNO/c1-3-11(2,10(12)15)8-5-4-7(14)6-9(8)13/h4-6H,3,14H2,1-2H3. The van der Waals surface area contributed by atoms with Crippen molar-refractivity contribution in [2.24, 2.45) is 0 Å². The first-order valence-electron chi connectivity index (χ1n) is 4.67. The number of carbonyl (C=O) groups excluding carboxylic acids is 1. The molecule has 1 atom stereocenters. The Hall–Kier alpha value is -1.09. The number of anilines is 1. The second-order valence-electron chi connectivity index (χ2n) is 3.70. The highest BCUT2D eigenvalue weighted by Crippen LogP contribution is 2.32. The number of nitrogens with two attached hydrogens (primary N) is 1. The van der Waals surface area contributed by atoms with Gasteiger partial charge in [0.1, 0.15) is 5.82 Å². The van der Waals surface area contributed by atoms with E-state index in [1.807, 2.05) is 0 Å². The van der Waals surface area contributed by atoms with Gasteiger partial charge in [-0.1, -0.05) is 13.0 Å². The molecule has 82 valence electrons. The maximum Gasteiger partial charge on any atom is 0.232 e. The molecule has 2 nitrogen and oxygen atoms in total. The monoisotopic (exact) mass is 229 g/mol. The lowest BCUT2D eigenvalue weighted by molar-refractivity contribution is -0.116. The quantitative estimate of drug-likeness (QED) is 0.640. The Balaban J connectivity index is 3.30. The Bertz CT molecular complexity index is 394. The summed E-state index contributed by atoms with van der Waals surface area (Å²) >= 11 is 5.49. The third-order valence-electron chi connectivity index (χ3n) is 2.73. The molecule has 0 aliphatic heterocycles. The summed E-state index contributed by atoms with van der Waals surface area (Å²) < 4.78 is 13.6. The van der Waals surface area contributed by atoms with Crippen molar-refractivity contribution in [3.63, 3.8) is 0 Å². The van der Waals surface area contributed by atoms with Gasteiger partial charge in [-0.25, -0.2) is 4.39 Å². The SMILES string of the molecule is CCC(C)(C(=O)Cl)c1ccc(N)cc1F.